The van der Waals surface area contributed by atoms with Crippen LogP contribution in [0.1, 0.15) is 18.4 Å². The number of likely N-dealkylation sites (tertiary alicyclic amines) is 1. The standard InChI is InChI=1S/C23H29N3O3S/c1-18-4-2-5-20(16-18)30(27,28)25-17-19-9-12-26(13-10-19)14-15-29-23-7-3-6-22-21(23)8-11-24-22/h2-8,11,16,19,24-25H,9-10,12-15,17H2,1H3. The van der Waals surface area contributed by atoms with Crippen LogP contribution in [0.2, 0.25) is 0 Å². The van der Waals surface area contributed by atoms with E-state index in [1.54, 1.807) is 18.2 Å². The minimum Gasteiger partial charge on any atom is -0.492 e. The fraction of sp³-hybridized carbons (Fsp3) is 0.391. The normalized spacial score (nSPS) is 16.2. The van der Waals surface area contributed by atoms with Crippen molar-refractivity contribution in [3.8, 4) is 5.75 Å². The molecule has 3 aromatic rings. The highest BCUT2D eigenvalue weighted by molar-refractivity contribution is 7.89. The topological polar surface area (TPSA) is 74.4 Å². The van der Waals surface area contributed by atoms with E-state index in [4.69, 9.17) is 4.74 Å². The average molecular weight is 428 g/mol. The Hall–Kier alpha value is -2.35. The molecule has 1 aliphatic heterocycles. The number of H-pyrrole nitrogens is 1. The molecule has 2 heterocycles. The molecule has 0 atom stereocenters. The quantitative estimate of drug-likeness (QED) is 0.577. The first-order valence-corrected chi connectivity index (χ1v) is 12.0. The van der Waals surface area contributed by atoms with Crippen LogP contribution in [0.5, 0.6) is 5.75 Å². The minimum atomic E-state index is -3.44. The molecule has 7 heteroatoms. The van der Waals surface area contributed by atoms with E-state index in [1.807, 2.05) is 43.5 Å². The second-order valence-corrected chi connectivity index (χ2v) is 9.76. The number of aromatic nitrogens is 1. The number of fused-ring (bicyclic) bond motifs is 1. The van der Waals surface area contributed by atoms with Crippen LogP contribution in [0.4, 0.5) is 0 Å². The first-order chi connectivity index (χ1) is 14.5. The van der Waals surface area contributed by atoms with Gasteiger partial charge in [-0.15, -0.1) is 0 Å². The number of sulfonamides is 1. The third-order valence-corrected chi connectivity index (χ3v) is 7.21. The Morgan fingerprint density at radius 2 is 1.93 bits per heavy atom. The van der Waals surface area contributed by atoms with Gasteiger partial charge >= 0.3 is 0 Å². The van der Waals surface area contributed by atoms with Gasteiger partial charge in [0, 0.05) is 30.2 Å². The summed E-state index contributed by atoms with van der Waals surface area (Å²) in [5.74, 6) is 1.28. The largest absolute Gasteiger partial charge is 0.492 e. The fourth-order valence-corrected chi connectivity index (χ4v) is 5.20. The smallest absolute Gasteiger partial charge is 0.240 e. The summed E-state index contributed by atoms with van der Waals surface area (Å²) in [7, 11) is -3.44. The van der Waals surface area contributed by atoms with Gasteiger partial charge in [-0.05, 0) is 74.7 Å². The molecule has 4 rings (SSSR count). The Kier molecular flexibility index (Phi) is 6.41. The summed E-state index contributed by atoms with van der Waals surface area (Å²) < 4.78 is 33.8. The number of hydrogen-bond acceptors (Lipinski definition) is 4. The van der Waals surface area contributed by atoms with Gasteiger partial charge in [-0.3, -0.25) is 4.90 Å². The first kappa shape index (κ1) is 20.9. The van der Waals surface area contributed by atoms with Crippen molar-refractivity contribution in [2.45, 2.75) is 24.7 Å². The second-order valence-electron chi connectivity index (χ2n) is 8.00. The first-order valence-electron chi connectivity index (χ1n) is 10.5. The predicted molar refractivity (Wildman–Crippen MR) is 119 cm³/mol. The number of nitrogens with zero attached hydrogens (tertiary/aromatic N) is 1. The van der Waals surface area contributed by atoms with E-state index in [1.165, 1.54) is 0 Å². The number of nitrogens with one attached hydrogen (secondary N) is 2. The van der Waals surface area contributed by atoms with Crippen LogP contribution in [0.3, 0.4) is 0 Å². The zero-order valence-corrected chi connectivity index (χ0v) is 18.1. The maximum atomic E-state index is 12.5. The Morgan fingerprint density at radius 1 is 1.13 bits per heavy atom. The van der Waals surface area contributed by atoms with Crippen LogP contribution in [-0.4, -0.2) is 51.1 Å². The SMILES string of the molecule is Cc1cccc(S(=O)(=O)NCC2CCN(CCOc3cccc4[nH]ccc34)CC2)c1. The third-order valence-electron chi connectivity index (χ3n) is 5.79. The lowest BCUT2D eigenvalue weighted by molar-refractivity contribution is 0.156. The summed E-state index contributed by atoms with van der Waals surface area (Å²) in [5.41, 5.74) is 2.03. The van der Waals surface area contributed by atoms with Gasteiger partial charge in [-0.2, -0.15) is 0 Å². The number of piperidine rings is 1. The van der Waals surface area contributed by atoms with Gasteiger partial charge in [0.25, 0.3) is 0 Å². The molecule has 0 saturated carbocycles. The number of aromatic amines is 1. The van der Waals surface area contributed by atoms with Gasteiger partial charge in [0.1, 0.15) is 12.4 Å². The van der Waals surface area contributed by atoms with E-state index >= 15 is 0 Å². The van der Waals surface area contributed by atoms with Gasteiger partial charge in [0.15, 0.2) is 0 Å². The zero-order valence-electron chi connectivity index (χ0n) is 17.3. The Labute approximate surface area is 178 Å². The van der Waals surface area contributed by atoms with Crippen LogP contribution >= 0.6 is 0 Å². The monoisotopic (exact) mass is 427 g/mol. The lowest BCUT2D eigenvalue weighted by Gasteiger charge is -2.31. The van der Waals surface area contributed by atoms with Crippen molar-refractivity contribution in [3.63, 3.8) is 0 Å². The average Bonchev–Trinajstić information content (AvgIpc) is 3.23. The van der Waals surface area contributed by atoms with Crippen molar-refractivity contribution < 1.29 is 13.2 Å². The molecule has 6 nitrogen and oxygen atoms in total. The van der Waals surface area contributed by atoms with Crippen LogP contribution in [-0.2, 0) is 10.0 Å². The molecule has 1 fully saturated rings. The van der Waals surface area contributed by atoms with E-state index in [2.05, 4.69) is 14.6 Å². The highest BCUT2D eigenvalue weighted by Crippen LogP contribution is 2.24. The maximum absolute atomic E-state index is 12.5. The van der Waals surface area contributed by atoms with E-state index in [0.29, 0.717) is 24.0 Å². The summed E-state index contributed by atoms with van der Waals surface area (Å²) in [4.78, 5) is 5.93. The molecule has 1 saturated heterocycles. The molecule has 0 amide bonds. The van der Waals surface area contributed by atoms with Gasteiger partial charge in [0.05, 0.1) is 4.90 Å². The van der Waals surface area contributed by atoms with Crippen LogP contribution in [0, 0.1) is 12.8 Å². The van der Waals surface area contributed by atoms with Crippen molar-refractivity contribution in [1.29, 1.82) is 0 Å². The molecule has 0 spiro atoms. The highest BCUT2D eigenvalue weighted by atomic mass is 32.2. The highest BCUT2D eigenvalue weighted by Gasteiger charge is 2.22. The molecule has 0 aliphatic carbocycles. The number of ether oxygens (including phenoxy) is 1. The molecule has 1 aliphatic rings. The predicted octanol–water partition coefficient (Wildman–Crippen LogP) is 3.55. The van der Waals surface area contributed by atoms with E-state index in [-0.39, 0.29) is 0 Å². The van der Waals surface area contributed by atoms with Gasteiger partial charge in [-0.1, -0.05) is 18.2 Å². The third kappa shape index (κ3) is 5.03. The second kappa shape index (κ2) is 9.20. The molecule has 30 heavy (non-hydrogen) atoms. The lowest BCUT2D eigenvalue weighted by Crippen LogP contribution is -2.40. The van der Waals surface area contributed by atoms with Crippen molar-refractivity contribution in [2.75, 3.05) is 32.8 Å². The Balaban J connectivity index is 1.20. The van der Waals surface area contributed by atoms with Crippen molar-refractivity contribution in [3.05, 3.63) is 60.3 Å². The summed E-state index contributed by atoms with van der Waals surface area (Å²) >= 11 is 0. The van der Waals surface area contributed by atoms with Gasteiger partial charge < -0.3 is 9.72 Å². The van der Waals surface area contributed by atoms with E-state index in [9.17, 15) is 8.42 Å². The molecular weight excluding hydrogens is 398 g/mol. The summed E-state index contributed by atoms with van der Waals surface area (Å²) in [5, 5.41) is 1.11. The summed E-state index contributed by atoms with van der Waals surface area (Å²) in [6, 6.07) is 15.1. The lowest BCUT2D eigenvalue weighted by atomic mass is 9.97. The number of benzene rings is 2. The van der Waals surface area contributed by atoms with Crippen molar-refractivity contribution >= 4 is 20.9 Å². The van der Waals surface area contributed by atoms with Gasteiger partial charge in [0.2, 0.25) is 10.0 Å². The van der Waals surface area contributed by atoms with Crippen LogP contribution in [0.25, 0.3) is 10.9 Å². The maximum Gasteiger partial charge on any atom is 0.240 e. The summed E-state index contributed by atoms with van der Waals surface area (Å²) in [6.45, 7) is 5.86. The van der Waals surface area contributed by atoms with Crippen LogP contribution in [0.15, 0.2) is 59.6 Å². The number of hydrogen-bond donors (Lipinski definition) is 2. The molecule has 160 valence electrons. The van der Waals surface area contributed by atoms with Crippen molar-refractivity contribution in [2.24, 2.45) is 5.92 Å². The molecule has 0 radical (unpaired) electrons. The molecule has 2 aromatic carbocycles. The van der Waals surface area contributed by atoms with Gasteiger partial charge in [-0.25, -0.2) is 13.1 Å². The summed E-state index contributed by atoms with van der Waals surface area (Å²) in [6.07, 6.45) is 3.91. The Morgan fingerprint density at radius 3 is 2.73 bits per heavy atom. The fourth-order valence-electron chi connectivity index (χ4n) is 3.97. The number of rotatable bonds is 8. The number of aryl methyl sites for hydroxylation is 1. The molecule has 0 unspecified atom stereocenters. The molecule has 2 N–H and O–H groups in total. The molecule has 0 bridgehead atoms. The molecular formula is C23H29N3O3S. The van der Waals surface area contributed by atoms with E-state index < -0.39 is 10.0 Å². The minimum absolute atomic E-state index is 0.342. The van der Waals surface area contributed by atoms with Crippen molar-refractivity contribution in [1.82, 2.24) is 14.6 Å². The van der Waals surface area contributed by atoms with E-state index in [0.717, 1.165) is 54.7 Å². The van der Waals surface area contributed by atoms with Crippen LogP contribution < -0.4 is 9.46 Å². The Bertz CT molecular complexity index is 1090. The zero-order chi connectivity index (χ0) is 21.0. The molecule has 1 aromatic heterocycles.